The summed E-state index contributed by atoms with van der Waals surface area (Å²) in [6.07, 6.45) is 4.85. The molecule has 1 aromatic carbocycles. The predicted octanol–water partition coefficient (Wildman–Crippen LogP) is 3.67. The van der Waals surface area contributed by atoms with Gasteiger partial charge in [0.1, 0.15) is 0 Å². The molecule has 1 aromatic rings. The van der Waals surface area contributed by atoms with Crippen LogP contribution in [0, 0.1) is 0 Å². The number of hydrogen-bond acceptors (Lipinski definition) is 2. The van der Waals surface area contributed by atoms with Crippen LogP contribution in [0.3, 0.4) is 0 Å². The maximum atomic E-state index is 10.7. The zero-order valence-corrected chi connectivity index (χ0v) is 12.4. The fraction of sp³-hybridized carbons (Fsp3) is 0.647. The summed E-state index contributed by atoms with van der Waals surface area (Å²) in [6.45, 7) is 4.16. The van der Waals surface area contributed by atoms with Gasteiger partial charge in [-0.3, -0.25) is 0 Å². The van der Waals surface area contributed by atoms with Crippen LogP contribution in [0.1, 0.15) is 51.5 Å². The maximum absolute atomic E-state index is 10.7. The summed E-state index contributed by atoms with van der Waals surface area (Å²) in [5, 5.41) is 10.7. The Morgan fingerprint density at radius 3 is 2.37 bits per heavy atom. The van der Waals surface area contributed by atoms with Crippen LogP contribution in [0.25, 0.3) is 0 Å². The van der Waals surface area contributed by atoms with E-state index in [9.17, 15) is 5.11 Å². The van der Waals surface area contributed by atoms with E-state index in [2.05, 4.69) is 38.1 Å². The molecule has 1 fully saturated rings. The van der Waals surface area contributed by atoms with Crippen LogP contribution in [-0.2, 0) is 10.2 Å². The van der Waals surface area contributed by atoms with Crippen LogP contribution < -0.4 is 0 Å². The van der Waals surface area contributed by atoms with Gasteiger partial charge in [-0.15, -0.1) is 0 Å². The molecule has 2 nitrogen and oxygen atoms in total. The minimum Gasteiger partial charge on any atom is -0.392 e. The van der Waals surface area contributed by atoms with Crippen molar-refractivity contribution in [3.8, 4) is 0 Å². The predicted molar refractivity (Wildman–Crippen MR) is 78.3 cm³/mol. The molecular weight excluding hydrogens is 236 g/mol. The van der Waals surface area contributed by atoms with E-state index in [4.69, 9.17) is 4.74 Å². The molecule has 0 aromatic heterocycles. The molecule has 0 saturated heterocycles. The van der Waals surface area contributed by atoms with Crippen molar-refractivity contribution in [2.24, 2.45) is 0 Å². The quantitative estimate of drug-likeness (QED) is 0.847. The lowest BCUT2D eigenvalue weighted by atomic mass is 9.60. The lowest BCUT2D eigenvalue weighted by Gasteiger charge is -2.46. The largest absolute Gasteiger partial charge is 0.392 e. The van der Waals surface area contributed by atoms with Crippen LogP contribution in [0.4, 0.5) is 0 Å². The zero-order valence-electron chi connectivity index (χ0n) is 12.4. The summed E-state index contributed by atoms with van der Waals surface area (Å²) in [6, 6.07) is 10.5. The van der Waals surface area contributed by atoms with Crippen molar-refractivity contribution in [3.05, 3.63) is 35.9 Å². The SMILES string of the molecule is COC(C)(C)CCC(O)C1(c2ccccc2)CCC1. The van der Waals surface area contributed by atoms with E-state index in [0.717, 1.165) is 25.7 Å². The topological polar surface area (TPSA) is 29.5 Å². The van der Waals surface area contributed by atoms with Crippen molar-refractivity contribution in [1.82, 2.24) is 0 Å². The number of aliphatic hydroxyl groups is 1. The minimum atomic E-state index is -0.266. The van der Waals surface area contributed by atoms with Crippen molar-refractivity contribution in [2.45, 2.75) is 63.1 Å². The Balaban J connectivity index is 2.06. The molecule has 0 spiro atoms. The normalized spacial score (nSPS) is 19.8. The van der Waals surface area contributed by atoms with E-state index < -0.39 is 0 Å². The fourth-order valence-electron chi connectivity index (χ4n) is 3.00. The number of methoxy groups -OCH3 is 1. The van der Waals surface area contributed by atoms with Gasteiger partial charge in [-0.25, -0.2) is 0 Å². The van der Waals surface area contributed by atoms with Gasteiger partial charge in [0.25, 0.3) is 0 Å². The first-order chi connectivity index (χ1) is 9.00. The molecule has 2 rings (SSSR count). The van der Waals surface area contributed by atoms with Gasteiger partial charge in [-0.05, 0) is 45.1 Å². The molecule has 1 saturated carbocycles. The van der Waals surface area contributed by atoms with Crippen LogP contribution in [0.15, 0.2) is 30.3 Å². The molecular formula is C17H26O2. The highest BCUT2D eigenvalue weighted by molar-refractivity contribution is 5.29. The van der Waals surface area contributed by atoms with Gasteiger partial charge < -0.3 is 9.84 Å². The number of ether oxygens (including phenoxy) is 1. The average Bonchev–Trinajstić information content (AvgIpc) is 2.37. The summed E-state index contributed by atoms with van der Waals surface area (Å²) >= 11 is 0. The van der Waals surface area contributed by atoms with E-state index in [1.807, 2.05) is 6.07 Å². The Morgan fingerprint density at radius 1 is 1.26 bits per heavy atom. The number of hydrogen-bond donors (Lipinski definition) is 1. The Bertz CT molecular complexity index is 393. The summed E-state index contributed by atoms with van der Waals surface area (Å²) in [5.74, 6) is 0. The highest BCUT2D eigenvalue weighted by Crippen LogP contribution is 2.47. The van der Waals surface area contributed by atoms with Crippen molar-refractivity contribution >= 4 is 0 Å². The zero-order chi connectivity index (χ0) is 13.9. The van der Waals surface area contributed by atoms with E-state index in [1.54, 1.807) is 7.11 Å². The van der Waals surface area contributed by atoms with Gasteiger partial charge in [0.15, 0.2) is 0 Å². The summed E-state index contributed by atoms with van der Waals surface area (Å²) in [4.78, 5) is 0. The molecule has 1 aliphatic carbocycles. The molecule has 0 bridgehead atoms. The highest BCUT2D eigenvalue weighted by atomic mass is 16.5. The molecule has 0 heterocycles. The lowest BCUT2D eigenvalue weighted by molar-refractivity contribution is -0.0228. The van der Waals surface area contributed by atoms with E-state index in [1.165, 1.54) is 12.0 Å². The standard InChI is InChI=1S/C17H26O2/c1-16(2,19-3)13-10-15(18)17(11-7-12-17)14-8-5-4-6-9-14/h4-6,8-9,15,18H,7,10-13H2,1-3H3. The van der Waals surface area contributed by atoms with Gasteiger partial charge in [-0.1, -0.05) is 36.8 Å². The summed E-state index contributed by atoms with van der Waals surface area (Å²) in [5.41, 5.74) is 1.14. The maximum Gasteiger partial charge on any atom is 0.0637 e. The van der Waals surface area contributed by atoms with E-state index >= 15 is 0 Å². The van der Waals surface area contributed by atoms with Crippen molar-refractivity contribution in [3.63, 3.8) is 0 Å². The Morgan fingerprint density at radius 2 is 1.89 bits per heavy atom. The monoisotopic (exact) mass is 262 g/mol. The lowest BCUT2D eigenvalue weighted by Crippen LogP contribution is -2.46. The molecule has 1 aliphatic rings. The second kappa shape index (κ2) is 5.64. The molecule has 0 radical (unpaired) electrons. The van der Waals surface area contributed by atoms with Gasteiger partial charge in [0.2, 0.25) is 0 Å². The summed E-state index contributed by atoms with van der Waals surface area (Å²) < 4.78 is 5.45. The highest BCUT2D eigenvalue weighted by Gasteiger charge is 2.44. The van der Waals surface area contributed by atoms with Gasteiger partial charge in [0, 0.05) is 12.5 Å². The second-order valence-electron chi connectivity index (χ2n) is 6.39. The van der Waals surface area contributed by atoms with Crippen LogP contribution in [-0.4, -0.2) is 23.9 Å². The molecule has 1 N–H and O–H groups in total. The first-order valence-corrected chi connectivity index (χ1v) is 7.29. The third-order valence-corrected chi connectivity index (χ3v) is 4.80. The molecule has 106 valence electrons. The second-order valence-corrected chi connectivity index (χ2v) is 6.39. The molecule has 1 unspecified atom stereocenters. The number of aliphatic hydroxyl groups excluding tert-OH is 1. The fourth-order valence-corrected chi connectivity index (χ4v) is 3.00. The van der Waals surface area contributed by atoms with Gasteiger partial charge >= 0.3 is 0 Å². The number of benzene rings is 1. The van der Waals surface area contributed by atoms with E-state index in [0.29, 0.717) is 0 Å². The van der Waals surface area contributed by atoms with Crippen molar-refractivity contribution < 1.29 is 9.84 Å². The Hall–Kier alpha value is -0.860. The van der Waals surface area contributed by atoms with Gasteiger partial charge in [0.05, 0.1) is 11.7 Å². The minimum absolute atomic E-state index is 0.00885. The van der Waals surface area contributed by atoms with Gasteiger partial charge in [-0.2, -0.15) is 0 Å². The van der Waals surface area contributed by atoms with Crippen molar-refractivity contribution in [2.75, 3.05) is 7.11 Å². The average molecular weight is 262 g/mol. The molecule has 19 heavy (non-hydrogen) atoms. The first kappa shape index (κ1) is 14.5. The summed E-state index contributed by atoms with van der Waals surface area (Å²) in [7, 11) is 1.74. The molecule has 0 amide bonds. The molecule has 1 atom stereocenters. The molecule has 0 aliphatic heterocycles. The van der Waals surface area contributed by atoms with Crippen LogP contribution in [0.5, 0.6) is 0 Å². The Kier molecular flexibility index (Phi) is 4.32. The third kappa shape index (κ3) is 3.01. The first-order valence-electron chi connectivity index (χ1n) is 7.29. The number of rotatable bonds is 6. The smallest absolute Gasteiger partial charge is 0.0637 e. The third-order valence-electron chi connectivity index (χ3n) is 4.80. The van der Waals surface area contributed by atoms with E-state index in [-0.39, 0.29) is 17.1 Å². The Labute approximate surface area is 116 Å². The van der Waals surface area contributed by atoms with Crippen LogP contribution in [0.2, 0.25) is 0 Å². The van der Waals surface area contributed by atoms with Crippen molar-refractivity contribution in [1.29, 1.82) is 0 Å². The molecule has 2 heteroatoms. The van der Waals surface area contributed by atoms with Crippen LogP contribution >= 0.6 is 0 Å².